The molecule has 0 unspecified atom stereocenters. The summed E-state index contributed by atoms with van der Waals surface area (Å²) in [4.78, 5) is 2.51. The molecule has 32 heavy (non-hydrogen) atoms. The SMILES string of the molecule is N#Cc1c(-c2ccc3c(c2)OCCO3)csc1OCc1ccc(CN2CCSCC2)cc1. The average molecular weight is 465 g/mol. The molecule has 164 valence electrons. The van der Waals surface area contributed by atoms with Crippen LogP contribution in [0.15, 0.2) is 47.8 Å². The first kappa shape index (κ1) is 21.2. The van der Waals surface area contributed by atoms with E-state index in [1.807, 2.05) is 35.3 Å². The second-order valence-electron chi connectivity index (χ2n) is 7.78. The standard InChI is InChI=1S/C25H24N2O3S2/c26-14-21-22(20-5-6-23-24(13-20)29-10-9-28-23)17-32-25(21)30-16-19-3-1-18(2-4-19)15-27-7-11-31-12-8-27/h1-6,13,17H,7-12,15-16H2. The third-order valence-electron chi connectivity index (χ3n) is 5.63. The smallest absolute Gasteiger partial charge is 0.192 e. The fraction of sp³-hybridized carbons (Fsp3) is 0.320. The van der Waals surface area contributed by atoms with Crippen LogP contribution in [-0.4, -0.2) is 42.7 Å². The zero-order valence-corrected chi connectivity index (χ0v) is 19.3. The molecular formula is C25H24N2O3S2. The summed E-state index contributed by atoms with van der Waals surface area (Å²) in [7, 11) is 0. The van der Waals surface area contributed by atoms with Crippen molar-refractivity contribution in [2.75, 3.05) is 37.8 Å². The predicted octanol–water partition coefficient (Wildman–Crippen LogP) is 5.19. The minimum absolute atomic E-state index is 0.441. The zero-order valence-electron chi connectivity index (χ0n) is 17.7. The van der Waals surface area contributed by atoms with Crippen LogP contribution < -0.4 is 14.2 Å². The molecule has 0 amide bonds. The van der Waals surface area contributed by atoms with Crippen molar-refractivity contribution in [2.24, 2.45) is 0 Å². The molecule has 0 spiro atoms. The fourth-order valence-corrected chi connectivity index (χ4v) is 5.74. The van der Waals surface area contributed by atoms with Gasteiger partial charge in [-0.1, -0.05) is 30.3 Å². The van der Waals surface area contributed by atoms with Gasteiger partial charge >= 0.3 is 0 Å². The van der Waals surface area contributed by atoms with Crippen LogP contribution in [0.25, 0.3) is 11.1 Å². The average Bonchev–Trinajstić information content (AvgIpc) is 3.27. The van der Waals surface area contributed by atoms with Gasteiger partial charge in [-0.25, -0.2) is 0 Å². The van der Waals surface area contributed by atoms with Crippen LogP contribution >= 0.6 is 23.1 Å². The Bertz CT molecular complexity index is 1120. The van der Waals surface area contributed by atoms with E-state index in [4.69, 9.17) is 14.2 Å². The van der Waals surface area contributed by atoms with Crippen molar-refractivity contribution in [2.45, 2.75) is 13.2 Å². The van der Waals surface area contributed by atoms with Gasteiger partial charge in [0.25, 0.3) is 0 Å². The Morgan fingerprint density at radius 2 is 1.72 bits per heavy atom. The monoisotopic (exact) mass is 464 g/mol. The van der Waals surface area contributed by atoms with Gasteiger partial charge in [0.2, 0.25) is 0 Å². The quantitative estimate of drug-likeness (QED) is 0.501. The fourth-order valence-electron chi connectivity index (χ4n) is 3.88. The Hall–Kier alpha value is -2.66. The Labute approximate surface area is 196 Å². The van der Waals surface area contributed by atoms with Crippen LogP contribution in [0.5, 0.6) is 16.6 Å². The molecule has 2 aromatic carbocycles. The normalized spacial score (nSPS) is 15.8. The van der Waals surface area contributed by atoms with Crippen molar-refractivity contribution in [1.29, 1.82) is 5.26 Å². The van der Waals surface area contributed by atoms with E-state index in [1.165, 1.54) is 28.4 Å². The minimum atomic E-state index is 0.441. The highest BCUT2D eigenvalue weighted by molar-refractivity contribution is 7.99. The number of benzene rings is 2. The number of hydrogen-bond donors (Lipinski definition) is 0. The second kappa shape index (κ2) is 9.86. The molecule has 5 nitrogen and oxygen atoms in total. The lowest BCUT2D eigenvalue weighted by Crippen LogP contribution is -2.31. The molecule has 0 N–H and O–H groups in total. The van der Waals surface area contributed by atoms with E-state index in [2.05, 4.69) is 35.2 Å². The van der Waals surface area contributed by atoms with Gasteiger partial charge in [0.1, 0.15) is 31.5 Å². The van der Waals surface area contributed by atoms with E-state index < -0.39 is 0 Å². The Kier molecular flexibility index (Phi) is 6.54. The van der Waals surface area contributed by atoms with Crippen molar-refractivity contribution >= 4 is 23.1 Å². The molecule has 0 atom stereocenters. The third kappa shape index (κ3) is 4.73. The van der Waals surface area contributed by atoms with Gasteiger partial charge in [0.15, 0.2) is 16.6 Å². The van der Waals surface area contributed by atoms with Crippen LogP contribution in [0.1, 0.15) is 16.7 Å². The number of nitriles is 1. The van der Waals surface area contributed by atoms with Gasteiger partial charge < -0.3 is 14.2 Å². The highest BCUT2D eigenvalue weighted by atomic mass is 32.2. The topological polar surface area (TPSA) is 54.7 Å². The molecule has 1 saturated heterocycles. The summed E-state index contributed by atoms with van der Waals surface area (Å²) >= 11 is 3.49. The minimum Gasteiger partial charge on any atom is -0.486 e. The zero-order chi connectivity index (χ0) is 21.8. The van der Waals surface area contributed by atoms with Crippen molar-refractivity contribution in [3.8, 4) is 33.8 Å². The van der Waals surface area contributed by atoms with Crippen molar-refractivity contribution < 1.29 is 14.2 Å². The van der Waals surface area contributed by atoms with E-state index >= 15 is 0 Å². The number of ether oxygens (including phenoxy) is 3. The molecule has 0 radical (unpaired) electrons. The summed E-state index contributed by atoms with van der Waals surface area (Å²) in [5.74, 6) is 3.91. The maximum absolute atomic E-state index is 9.79. The molecule has 0 aliphatic carbocycles. The number of hydrogen-bond acceptors (Lipinski definition) is 7. The molecule has 0 bridgehead atoms. The predicted molar refractivity (Wildman–Crippen MR) is 129 cm³/mol. The molecular weight excluding hydrogens is 440 g/mol. The lowest BCUT2D eigenvalue weighted by atomic mass is 10.0. The maximum atomic E-state index is 9.79. The first-order valence-electron chi connectivity index (χ1n) is 10.7. The number of thioether (sulfide) groups is 1. The van der Waals surface area contributed by atoms with Gasteiger partial charge in [-0.3, -0.25) is 4.90 Å². The van der Waals surface area contributed by atoms with E-state index in [0.29, 0.717) is 30.4 Å². The van der Waals surface area contributed by atoms with Crippen LogP contribution in [0, 0.1) is 11.3 Å². The molecule has 1 fully saturated rings. The molecule has 7 heteroatoms. The van der Waals surface area contributed by atoms with Crippen LogP contribution in [-0.2, 0) is 13.2 Å². The molecule has 2 aliphatic rings. The van der Waals surface area contributed by atoms with Crippen LogP contribution in [0.2, 0.25) is 0 Å². The van der Waals surface area contributed by atoms with E-state index in [0.717, 1.165) is 47.8 Å². The third-order valence-corrected chi connectivity index (χ3v) is 7.46. The summed E-state index contributed by atoms with van der Waals surface area (Å²) in [6.07, 6.45) is 0. The number of rotatable bonds is 6. The number of thiophene rings is 1. The van der Waals surface area contributed by atoms with Crippen molar-refractivity contribution in [1.82, 2.24) is 4.90 Å². The highest BCUT2D eigenvalue weighted by Gasteiger charge is 2.18. The largest absolute Gasteiger partial charge is 0.486 e. The summed E-state index contributed by atoms with van der Waals surface area (Å²) in [5, 5.41) is 12.4. The molecule has 1 aromatic heterocycles. The highest BCUT2D eigenvalue weighted by Crippen LogP contribution is 2.40. The Balaban J connectivity index is 1.25. The van der Waals surface area contributed by atoms with Crippen LogP contribution in [0.4, 0.5) is 0 Å². The first-order valence-corrected chi connectivity index (χ1v) is 12.8. The summed E-state index contributed by atoms with van der Waals surface area (Å²) in [5.41, 5.74) is 4.78. The molecule has 3 heterocycles. The molecule has 5 rings (SSSR count). The molecule has 2 aliphatic heterocycles. The summed E-state index contributed by atoms with van der Waals surface area (Å²) < 4.78 is 17.3. The number of nitrogens with zero attached hydrogens (tertiary/aromatic N) is 2. The summed E-state index contributed by atoms with van der Waals surface area (Å²) in [6.45, 7) is 4.87. The Morgan fingerprint density at radius 1 is 0.969 bits per heavy atom. The van der Waals surface area contributed by atoms with E-state index in [-0.39, 0.29) is 0 Å². The van der Waals surface area contributed by atoms with Gasteiger partial charge in [-0.15, -0.1) is 11.3 Å². The lowest BCUT2D eigenvalue weighted by molar-refractivity contribution is 0.171. The summed E-state index contributed by atoms with van der Waals surface area (Å²) in [6, 6.07) is 16.7. The molecule has 0 saturated carbocycles. The van der Waals surface area contributed by atoms with Gasteiger partial charge in [0, 0.05) is 42.1 Å². The van der Waals surface area contributed by atoms with Gasteiger partial charge in [-0.2, -0.15) is 17.0 Å². The number of fused-ring (bicyclic) bond motifs is 1. The second-order valence-corrected chi connectivity index (χ2v) is 9.84. The lowest BCUT2D eigenvalue weighted by Gasteiger charge is -2.26. The van der Waals surface area contributed by atoms with E-state index in [9.17, 15) is 5.26 Å². The van der Waals surface area contributed by atoms with E-state index in [1.54, 1.807) is 0 Å². The van der Waals surface area contributed by atoms with Crippen molar-refractivity contribution in [3.63, 3.8) is 0 Å². The molecule has 3 aromatic rings. The van der Waals surface area contributed by atoms with Crippen LogP contribution in [0.3, 0.4) is 0 Å². The van der Waals surface area contributed by atoms with Gasteiger partial charge in [0.05, 0.1) is 0 Å². The van der Waals surface area contributed by atoms with Gasteiger partial charge in [-0.05, 0) is 28.8 Å². The van der Waals surface area contributed by atoms with Crippen molar-refractivity contribution in [3.05, 3.63) is 64.5 Å². The first-order chi connectivity index (χ1) is 15.8. The maximum Gasteiger partial charge on any atom is 0.192 e. The Morgan fingerprint density at radius 3 is 2.50 bits per heavy atom.